The monoisotopic (exact) mass is 329 g/mol. The molecule has 1 rings (SSSR count). The predicted molar refractivity (Wildman–Crippen MR) is 101 cm³/mol. The lowest BCUT2D eigenvalue weighted by atomic mass is 9.97. The smallest absolute Gasteiger partial charge is 0.314 e. The molecule has 3 heteroatoms. The first-order chi connectivity index (χ1) is 11.4. The molecule has 1 aromatic rings. The first kappa shape index (κ1) is 20.2. The molecule has 2 unspecified atom stereocenters. The molecule has 0 N–H and O–H groups in total. The largest absolute Gasteiger partial charge is 0.446 e. The zero-order chi connectivity index (χ0) is 18.1. The van der Waals surface area contributed by atoms with E-state index in [-0.39, 0.29) is 18.1 Å². The minimum Gasteiger partial charge on any atom is -0.446 e. The number of carbonyl (C=O) groups is 1. The van der Waals surface area contributed by atoms with Crippen LogP contribution in [-0.4, -0.2) is 30.2 Å². The molecule has 132 valence electrons. The SMILES string of the molecule is C=CCN(CC=C)C(C)OC(=O)C(C)c1ccc(CC(C)C)cc1. The minimum atomic E-state index is -0.309. The molecule has 0 spiro atoms. The molecule has 0 aliphatic heterocycles. The molecule has 0 aliphatic carbocycles. The third-order valence-electron chi connectivity index (χ3n) is 4.01. The molecule has 0 heterocycles. The minimum absolute atomic E-state index is 0.211. The second-order valence-electron chi connectivity index (χ2n) is 6.63. The van der Waals surface area contributed by atoms with Crippen LogP contribution in [0.4, 0.5) is 0 Å². The van der Waals surface area contributed by atoms with Crippen LogP contribution in [0.25, 0.3) is 0 Å². The van der Waals surface area contributed by atoms with Gasteiger partial charge in [0, 0.05) is 13.1 Å². The van der Waals surface area contributed by atoms with Crippen LogP contribution < -0.4 is 0 Å². The van der Waals surface area contributed by atoms with Crippen molar-refractivity contribution in [3.8, 4) is 0 Å². The van der Waals surface area contributed by atoms with Crippen LogP contribution in [-0.2, 0) is 16.0 Å². The highest BCUT2D eigenvalue weighted by molar-refractivity contribution is 5.77. The van der Waals surface area contributed by atoms with Crippen molar-refractivity contribution in [1.82, 2.24) is 4.90 Å². The maximum Gasteiger partial charge on any atom is 0.314 e. The van der Waals surface area contributed by atoms with E-state index in [4.69, 9.17) is 4.74 Å². The predicted octanol–water partition coefficient (Wildman–Crippen LogP) is 4.55. The fraction of sp³-hybridized carbons (Fsp3) is 0.476. The maximum atomic E-state index is 12.4. The molecule has 0 amide bonds. The zero-order valence-electron chi connectivity index (χ0n) is 15.5. The molecular formula is C21H31NO2. The molecule has 0 bridgehead atoms. The molecule has 0 aliphatic rings. The fourth-order valence-electron chi connectivity index (χ4n) is 2.60. The van der Waals surface area contributed by atoms with Crippen LogP contribution in [0.15, 0.2) is 49.6 Å². The summed E-state index contributed by atoms with van der Waals surface area (Å²) >= 11 is 0. The summed E-state index contributed by atoms with van der Waals surface area (Å²) in [6.45, 7) is 17.0. The van der Waals surface area contributed by atoms with Gasteiger partial charge in [-0.3, -0.25) is 9.69 Å². The van der Waals surface area contributed by atoms with E-state index in [1.807, 2.05) is 30.9 Å². The third kappa shape index (κ3) is 6.32. The van der Waals surface area contributed by atoms with Crippen molar-refractivity contribution in [3.05, 3.63) is 60.7 Å². The number of nitrogens with zero attached hydrogens (tertiary/aromatic N) is 1. The van der Waals surface area contributed by atoms with Gasteiger partial charge in [-0.15, -0.1) is 13.2 Å². The van der Waals surface area contributed by atoms with E-state index in [1.54, 1.807) is 12.2 Å². The van der Waals surface area contributed by atoms with Crippen LogP contribution >= 0.6 is 0 Å². The average Bonchev–Trinajstić information content (AvgIpc) is 2.54. The number of carbonyl (C=O) groups excluding carboxylic acids is 1. The standard InChI is InChI=1S/C21H31NO2/c1-7-13-22(14-8-2)18(6)24-21(23)17(5)20-11-9-19(10-12-20)15-16(3)4/h7-12,16-18H,1-2,13-15H2,3-6H3. The summed E-state index contributed by atoms with van der Waals surface area (Å²) in [6.07, 6.45) is 4.33. The van der Waals surface area contributed by atoms with Gasteiger partial charge < -0.3 is 4.74 Å². The Labute approximate surface area is 147 Å². The Morgan fingerprint density at radius 1 is 1.08 bits per heavy atom. The molecule has 24 heavy (non-hydrogen) atoms. The van der Waals surface area contributed by atoms with Gasteiger partial charge >= 0.3 is 5.97 Å². The Morgan fingerprint density at radius 2 is 1.62 bits per heavy atom. The first-order valence-electron chi connectivity index (χ1n) is 8.64. The Morgan fingerprint density at radius 3 is 2.08 bits per heavy atom. The van der Waals surface area contributed by atoms with Gasteiger partial charge in [0.2, 0.25) is 0 Å². The molecule has 0 fully saturated rings. The summed E-state index contributed by atoms with van der Waals surface area (Å²) < 4.78 is 5.62. The van der Waals surface area contributed by atoms with Gasteiger partial charge in [-0.25, -0.2) is 0 Å². The lowest BCUT2D eigenvalue weighted by Gasteiger charge is -2.27. The normalized spacial score (nSPS) is 13.6. The summed E-state index contributed by atoms with van der Waals surface area (Å²) in [6, 6.07) is 8.26. The lowest BCUT2D eigenvalue weighted by molar-refractivity contribution is -0.158. The molecular weight excluding hydrogens is 298 g/mol. The lowest BCUT2D eigenvalue weighted by Crippen LogP contribution is -2.37. The molecule has 1 aromatic carbocycles. The van der Waals surface area contributed by atoms with E-state index in [1.165, 1.54) is 5.56 Å². The summed E-state index contributed by atoms with van der Waals surface area (Å²) in [7, 11) is 0. The summed E-state index contributed by atoms with van der Waals surface area (Å²) in [5.41, 5.74) is 2.28. The summed E-state index contributed by atoms with van der Waals surface area (Å²) in [5.74, 6) is 0.131. The Kier molecular flexibility index (Phi) is 8.48. The van der Waals surface area contributed by atoms with Crippen LogP contribution in [0.5, 0.6) is 0 Å². The van der Waals surface area contributed by atoms with Gasteiger partial charge in [-0.05, 0) is 37.3 Å². The van der Waals surface area contributed by atoms with E-state index >= 15 is 0 Å². The molecule has 0 saturated carbocycles. The van der Waals surface area contributed by atoms with E-state index in [0.717, 1.165) is 12.0 Å². The summed E-state index contributed by atoms with van der Waals surface area (Å²) in [5, 5.41) is 0. The van der Waals surface area contributed by atoms with Crippen LogP contribution in [0.1, 0.15) is 44.7 Å². The average molecular weight is 329 g/mol. The van der Waals surface area contributed by atoms with E-state index in [0.29, 0.717) is 19.0 Å². The molecule has 0 aromatic heterocycles. The molecule has 0 radical (unpaired) electrons. The van der Waals surface area contributed by atoms with Crippen molar-refractivity contribution < 1.29 is 9.53 Å². The van der Waals surface area contributed by atoms with Crippen LogP contribution in [0, 0.1) is 5.92 Å². The van der Waals surface area contributed by atoms with Crippen molar-refractivity contribution in [3.63, 3.8) is 0 Å². The number of rotatable bonds is 10. The van der Waals surface area contributed by atoms with Gasteiger partial charge in [-0.1, -0.05) is 50.3 Å². The van der Waals surface area contributed by atoms with Crippen LogP contribution in [0.2, 0.25) is 0 Å². The molecule has 3 nitrogen and oxygen atoms in total. The highest BCUT2D eigenvalue weighted by Crippen LogP contribution is 2.20. The summed E-state index contributed by atoms with van der Waals surface area (Å²) in [4.78, 5) is 14.4. The second-order valence-corrected chi connectivity index (χ2v) is 6.63. The number of esters is 1. The van der Waals surface area contributed by atoms with Gasteiger partial charge in [0.1, 0.15) is 0 Å². The number of hydrogen-bond acceptors (Lipinski definition) is 3. The highest BCUT2D eigenvalue weighted by Gasteiger charge is 2.22. The Hall–Kier alpha value is -1.87. The van der Waals surface area contributed by atoms with Crippen molar-refractivity contribution >= 4 is 5.97 Å². The van der Waals surface area contributed by atoms with E-state index in [2.05, 4.69) is 39.1 Å². The van der Waals surface area contributed by atoms with E-state index in [9.17, 15) is 4.79 Å². The molecule has 0 saturated heterocycles. The zero-order valence-corrected chi connectivity index (χ0v) is 15.5. The maximum absolute atomic E-state index is 12.4. The Balaban J connectivity index is 2.69. The van der Waals surface area contributed by atoms with Gasteiger partial charge in [0.15, 0.2) is 6.23 Å². The van der Waals surface area contributed by atoms with Gasteiger partial charge in [0.25, 0.3) is 0 Å². The fourth-order valence-corrected chi connectivity index (χ4v) is 2.60. The van der Waals surface area contributed by atoms with Crippen molar-refractivity contribution in [1.29, 1.82) is 0 Å². The van der Waals surface area contributed by atoms with Crippen molar-refractivity contribution in [2.24, 2.45) is 5.92 Å². The van der Waals surface area contributed by atoms with E-state index < -0.39 is 0 Å². The topological polar surface area (TPSA) is 29.5 Å². The van der Waals surface area contributed by atoms with Gasteiger partial charge in [-0.2, -0.15) is 0 Å². The van der Waals surface area contributed by atoms with Gasteiger partial charge in [0.05, 0.1) is 5.92 Å². The second kappa shape index (κ2) is 10.1. The molecule has 2 atom stereocenters. The number of hydrogen-bond donors (Lipinski definition) is 0. The van der Waals surface area contributed by atoms with Crippen LogP contribution in [0.3, 0.4) is 0 Å². The number of ether oxygens (including phenoxy) is 1. The Bertz CT molecular complexity index is 523. The highest BCUT2D eigenvalue weighted by atomic mass is 16.6. The van der Waals surface area contributed by atoms with Crippen molar-refractivity contribution in [2.45, 2.75) is 46.3 Å². The third-order valence-corrected chi connectivity index (χ3v) is 4.01. The first-order valence-corrected chi connectivity index (χ1v) is 8.64. The quantitative estimate of drug-likeness (QED) is 0.358. The van der Waals surface area contributed by atoms with Crippen molar-refractivity contribution in [2.75, 3.05) is 13.1 Å². The number of benzene rings is 1.